The van der Waals surface area contributed by atoms with Crippen LogP contribution in [0.4, 0.5) is 0 Å². The summed E-state index contributed by atoms with van der Waals surface area (Å²) >= 11 is 18.3. The van der Waals surface area contributed by atoms with Gasteiger partial charge in [-0.2, -0.15) is 0 Å². The van der Waals surface area contributed by atoms with Crippen LogP contribution in [0.3, 0.4) is 0 Å². The van der Waals surface area contributed by atoms with Crippen LogP contribution in [0.25, 0.3) is 0 Å². The normalized spacial score (nSPS) is 20.0. The van der Waals surface area contributed by atoms with Gasteiger partial charge in [0.25, 0.3) is 0 Å². The first-order valence-electron chi connectivity index (χ1n) is 5.12. The Labute approximate surface area is 106 Å². The highest BCUT2D eigenvalue weighted by Gasteiger charge is 2.46. The third-order valence-corrected chi connectivity index (χ3v) is 4.63. The van der Waals surface area contributed by atoms with Gasteiger partial charge in [-0.05, 0) is 43.2 Å². The van der Waals surface area contributed by atoms with Crippen LogP contribution in [0.2, 0.25) is 10.0 Å². The zero-order chi connectivity index (χ0) is 11.1. The zero-order valence-electron chi connectivity index (χ0n) is 8.56. The molecule has 3 heteroatoms. The van der Waals surface area contributed by atoms with Gasteiger partial charge in [-0.3, -0.25) is 0 Å². The number of halogens is 3. The first-order chi connectivity index (χ1) is 7.05. The molecule has 15 heavy (non-hydrogen) atoms. The molecule has 0 aliphatic heterocycles. The Kier molecular flexibility index (Phi) is 3.21. The summed E-state index contributed by atoms with van der Waals surface area (Å²) in [5, 5.41) is 1.52. The molecule has 0 bridgehead atoms. The van der Waals surface area contributed by atoms with Crippen LogP contribution in [0.1, 0.15) is 25.3 Å². The van der Waals surface area contributed by atoms with Crippen LogP contribution in [0.15, 0.2) is 18.2 Å². The lowest BCUT2D eigenvalue weighted by Crippen LogP contribution is -2.15. The first kappa shape index (κ1) is 11.6. The fourth-order valence-corrected chi connectivity index (χ4v) is 2.62. The highest BCUT2D eigenvalue weighted by Crippen LogP contribution is 2.54. The average Bonchev–Trinajstić information content (AvgIpc) is 2.94. The molecule has 0 amide bonds. The quantitative estimate of drug-likeness (QED) is 0.677. The lowest BCUT2D eigenvalue weighted by molar-refractivity contribution is 0.496. The second-order valence-corrected chi connectivity index (χ2v) is 5.81. The molecule has 0 radical (unpaired) electrons. The van der Waals surface area contributed by atoms with Crippen molar-refractivity contribution in [2.75, 3.05) is 0 Å². The summed E-state index contributed by atoms with van der Waals surface area (Å²) in [5.74, 6) is 0. The van der Waals surface area contributed by atoms with E-state index in [-0.39, 0.29) is 10.8 Å². The van der Waals surface area contributed by atoms with Crippen LogP contribution in [-0.4, -0.2) is 5.38 Å². The van der Waals surface area contributed by atoms with E-state index >= 15 is 0 Å². The van der Waals surface area contributed by atoms with E-state index in [1.807, 2.05) is 18.2 Å². The molecule has 2 rings (SSSR count). The number of rotatable bonds is 3. The van der Waals surface area contributed by atoms with E-state index in [0.29, 0.717) is 10.0 Å². The van der Waals surface area contributed by atoms with Crippen molar-refractivity contribution in [3.05, 3.63) is 33.8 Å². The highest BCUT2D eigenvalue weighted by molar-refractivity contribution is 6.42. The Morgan fingerprint density at radius 1 is 1.33 bits per heavy atom. The molecule has 1 atom stereocenters. The lowest BCUT2D eigenvalue weighted by atomic mass is 9.93. The SMILES string of the molecule is CC(Cl)C1(Cc2cccc(Cl)c2Cl)CC1. The Morgan fingerprint density at radius 2 is 2.00 bits per heavy atom. The van der Waals surface area contributed by atoms with Gasteiger partial charge in [-0.1, -0.05) is 35.3 Å². The zero-order valence-corrected chi connectivity index (χ0v) is 10.8. The van der Waals surface area contributed by atoms with E-state index in [0.717, 1.165) is 12.0 Å². The van der Waals surface area contributed by atoms with E-state index in [1.54, 1.807) is 0 Å². The van der Waals surface area contributed by atoms with E-state index in [9.17, 15) is 0 Å². The predicted octanol–water partition coefficient (Wildman–Crippen LogP) is 4.94. The van der Waals surface area contributed by atoms with Gasteiger partial charge in [0, 0.05) is 5.38 Å². The second-order valence-electron chi connectivity index (χ2n) is 4.37. The van der Waals surface area contributed by atoms with Crippen molar-refractivity contribution < 1.29 is 0 Å². The summed E-state index contributed by atoms with van der Waals surface area (Å²) < 4.78 is 0. The maximum atomic E-state index is 6.20. The fraction of sp³-hybridized carbons (Fsp3) is 0.500. The monoisotopic (exact) mass is 262 g/mol. The molecule has 1 aromatic carbocycles. The van der Waals surface area contributed by atoms with Crippen molar-refractivity contribution >= 4 is 34.8 Å². The van der Waals surface area contributed by atoms with Crippen molar-refractivity contribution in [2.45, 2.75) is 31.6 Å². The van der Waals surface area contributed by atoms with Crippen LogP contribution < -0.4 is 0 Å². The first-order valence-corrected chi connectivity index (χ1v) is 6.31. The summed E-state index contributed by atoms with van der Waals surface area (Å²) in [7, 11) is 0. The van der Waals surface area contributed by atoms with Crippen molar-refractivity contribution in [2.24, 2.45) is 5.41 Å². The summed E-state index contributed by atoms with van der Waals surface area (Å²) in [6, 6.07) is 5.79. The Hall–Kier alpha value is 0.0900. The average molecular weight is 264 g/mol. The minimum absolute atomic E-state index is 0.201. The van der Waals surface area contributed by atoms with Gasteiger partial charge in [0.2, 0.25) is 0 Å². The fourth-order valence-electron chi connectivity index (χ4n) is 1.94. The van der Waals surface area contributed by atoms with E-state index < -0.39 is 0 Å². The minimum Gasteiger partial charge on any atom is -0.123 e. The molecule has 1 unspecified atom stereocenters. The Bertz CT molecular complexity index is 367. The van der Waals surface area contributed by atoms with E-state index in [4.69, 9.17) is 34.8 Å². The van der Waals surface area contributed by atoms with Gasteiger partial charge < -0.3 is 0 Å². The number of benzene rings is 1. The number of hydrogen-bond donors (Lipinski definition) is 0. The van der Waals surface area contributed by atoms with E-state index in [2.05, 4.69) is 6.92 Å². The van der Waals surface area contributed by atoms with Gasteiger partial charge in [0.15, 0.2) is 0 Å². The second kappa shape index (κ2) is 4.16. The minimum atomic E-state index is 0.201. The predicted molar refractivity (Wildman–Crippen MR) is 67.1 cm³/mol. The summed E-state index contributed by atoms with van der Waals surface area (Å²) in [6.07, 6.45) is 3.33. The topological polar surface area (TPSA) is 0 Å². The smallest absolute Gasteiger partial charge is 0.0624 e. The van der Waals surface area contributed by atoms with Gasteiger partial charge >= 0.3 is 0 Å². The Balaban J connectivity index is 2.22. The molecular weight excluding hydrogens is 250 g/mol. The van der Waals surface area contributed by atoms with Crippen LogP contribution >= 0.6 is 34.8 Å². The van der Waals surface area contributed by atoms with Gasteiger partial charge in [0.05, 0.1) is 10.0 Å². The third kappa shape index (κ3) is 2.27. The summed E-state index contributed by atoms with van der Waals surface area (Å²) in [6.45, 7) is 2.06. The molecular formula is C12H13Cl3. The molecule has 0 heterocycles. The molecule has 0 nitrogen and oxygen atoms in total. The van der Waals surface area contributed by atoms with Crippen molar-refractivity contribution in [3.63, 3.8) is 0 Å². The molecule has 1 aromatic rings. The van der Waals surface area contributed by atoms with Gasteiger partial charge in [-0.25, -0.2) is 0 Å². The number of hydrogen-bond acceptors (Lipinski definition) is 0. The van der Waals surface area contributed by atoms with Crippen LogP contribution in [0, 0.1) is 5.41 Å². The highest BCUT2D eigenvalue weighted by atomic mass is 35.5. The van der Waals surface area contributed by atoms with Gasteiger partial charge in [-0.15, -0.1) is 11.6 Å². The molecule has 1 aliphatic rings. The standard InChI is InChI=1S/C12H13Cl3/c1-8(13)12(5-6-12)7-9-3-2-4-10(14)11(9)15/h2-4,8H,5-7H2,1H3. The summed E-state index contributed by atoms with van der Waals surface area (Å²) in [4.78, 5) is 0. The van der Waals surface area contributed by atoms with Crippen molar-refractivity contribution in [1.29, 1.82) is 0 Å². The maximum absolute atomic E-state index is 6.20. The van der Waals surface area contributed by atoms with Crippen molar-refractivity contribution in [1.82, 2.24) is 0 Å². The number of alkyl halides is 1. The molecule has 0 spiro atoms. The van der Waals surface area contributed by atoms with E-state index in [1.165, 1.54) is 12.8 Å². The lowest BCUT2D eigenvalue weighted by Gasteiger charge is -2.18. The third-order valence-electron chi connectivity index (χ3n) is 3.31. The Morgan fingerprint density at radius 3 is 2.53 bits per heavy atom. The maximum Gasteiger partial charge on any atom is 0.0624 e. The van der Waals surface area contributed by atoms with Crippen LogP contribution in [-0.2, 0) is 6.42 Å². The molecule has 0 saturated heterocycles. The van der Waals surface area contributed by atoms with Crippen LogP contribution in [0.5, 0.6) is 0 Å². The molecule has 82 valence electrons. The summed E-state index contributed by atoms with van der Waals surface area (Å²) in [5.41, 5.74) is 1.38. The molecule has 0 aromatic heterocycles. The molecule has 1 saturated carbocycles. The van der Waals surface area contributed by atoms with Gasteiger partial charge in [0.1, 0.15) is 0 Å². The van der Waals surface area contributed by atoms with Crippen molar-refractivity contribution in [3.8, 4) is 0 Å². The molecule has 1 aliphatic carbocycles. The largest absolute Gasteiger partial charge is 0.123 e. The molecule has 0 N–H and O–H groups in total. The molecule has 1 fully saturated rings.